The van der Waals surface area contributed by atoms with Gasteiger partial charge in [-0.25, -0.2) is 0 Å². The molecule has 0 saturated heterocycles. The third kappa shape index (κ3) is 3.29. The molecule has 0 aromatic heterocycles. The molecular weight excluding hydrogens is 292 g/mol. The van der Waals surface area contributed by atoms with E-state index < -0.39 is 0 Å². The van der Waals surface area contributed by atoms with Gasteiger partial charge < -0.3 is 5.43 Å². The second-order valence-electron chi connectivity index (χ2n) is 5.19. The zero-order chi connectivity index (χ0) is 15.4. The zero-order valence-electron chi connectivity index (χ0n) is 12.4. The number of fused-ring (bicyclic) bond motifs is 1. The van der Waals surface area contributed by atoms with Gasteiger partial charge in [-0.3, -0.25) is 0 Å². The Bertz CT molecular complexity index is 802. The Morgan fingerprint density at radius 3 is 2.50 bits per heavy atom. The fourth-order valence-electron chi connectivity index (χ4n) is 2.45. The SMILES string of the molecule is C/C(=N/NCc1ccc(Cl)cc1)c1cccc2ccccc12. The summed E-state index contributed by atoms with van der Waals surface area (Å²) in [5.41, 5.74) is 6.41. The highest BCUT2D eigenvalue weighted by Gasteiger charge is 2.03. The number of benzene rings is 3. The van der Waals surface area contributed by atoms with E-state index in [2.05, 4.69) is 53.0 Å². The first-order chi connectivity index (χ1) is 10.7. The lowest BCUT2D eigenvalue weighted by molar-refractivity contribution is 0.744. The van der Waals surface area contributed by atoms with Crippen LogP contribution in [0.3, 0.4) is 0 Å². The van der Waals surface area contributed by atoms with E-state index in [4.69, 9.17) is 11.6 Å². The molecule has 1 N–H and O–H groups in total. The van der Waals surface area contributed by atoms with Crippen LogP contribution in [0.4, 0.5) is 0 Å². The van der Waals surface area contributed by atoms with Crippen molar-refractivity contribution in [3.8, 4) is 0 Å². The third-order valence-corrected chi connectivity index (χ3v) is 3.87. The van der Waals surface area contributed by atoms with Gasteiger partial charge in [-0.15, -0.1) is 0 Å². The first kappa shape index (κ1) is 14.6. The highest BCUT2D eigenvalue weighted by molar-refractivity contribution is 6.30. The van der Waals surface area contributed by atoms with Crippen molar-refractivity contribution >= 4 is 28.1 Å². The van der Waals surface area contributed by atoms with Crippen LogP contribution in [0.1, 0.15) is 18.1 Å². The fraction of sp³-hybridized carbons (Fsp3) is 0.105. The fourth-order valence-corrected chi connectivity index (χ4v) is 2.58. The highest BCUT2D eigenvalue weighted by Crippen LogP contribution is 2.19. The van der Waals surface area contributed by atoms with Gasteiger partial charge in [0.15, 0.2) is 0 Å². The van der Waals surface area contributed by atoms with E-state index in [1.165, 1.54) is 10.8 Å². The van der Waals surface area contributed by atoms with Crippen molar-refractivity contribution in [1.29, 1.82) is 0 Å². The predicted octanol–water partition coefficient (Wildman–Crippen LogP) is 5.01. The molecule has 3 aromatic carbocycles. The normalized spacial score (nSPS) is 11.6. The van der Waals surface area contributed by atoms with Crippen LogP contribution in [0.25, 0.3) is 10.8 Å². The van der Waals surface area contributed by atoms with Crippen LogP contribution in [0, 0.1) is 0 Å². The Morgan fingerprint density at radius 2 is 1.68 bits per heavy atom. The van der Waals surface area contributed by atoms with Crippen molar-refractivity contribution in [1.82, 2.24) is 5.43 Å². The number of nitrogens with one attached hydrogen (secondary N) is 1. The molecule has 0 heterocycles. The van der Waals surface area contributed by atoms with Gasteiger partial charge in [-0.05, 0) is 35.4 Å². The minimum Gasteiger partial charge on any atom is -0.305 e. The molecule has 0 aliphatic carbocycles. The summed E-state index contributed by atoms with van der Waals surface area (Å²) >= 11 is 5.88. The van der Waals surface area contributed by atoms with Crippen molar-refractivity contribution in [2.24, 2.45) is 5.10 Å². The highest BCUT2D eigenvalue weighted by atomic mass is 35.5. The van der Waals surface area contributed by atoms with E-state index in [0.29, 0.717) is 6.54 Å². The molecule has 0 aliphatic heterocycles. The molecule has 0 atom stereocenters. The number of halogens is 1. The second kappa shape index (κ2) is 6.63. The molecule has 3 aromatic rings. The lowest BCUT2D eigenvalue weighted by atomic mass is 10.0. The minimum absolute atomic E-state index is 0.680. The number of nitrogens with zero attached hydrogens (tertiary/aromatic N) is 1. The maximum absolute atomic E-state index is 5.88. The molecule has 3 rings (SSSR count). The first-order valence-electron chi connectivity index (χ1n) is 7.24. The summed E-state index contributed by atoms with van der Waals surface area (Å²) in [4.78, 5) is 0. The molecule has 2 nitrogen and oxygen atoms in total. The third-order valence-electron chi connectivity index (χ3n) is 3.62. The molecular formula is C19H17ClN2. The van der Waals surface area contributed by atoms with Crippen LogP contribution in [0.5, 0.6) is 0 Å². The standard InChI is InChI=1S/C19H17ClN2/c1-14(22-21-13-15-9-11-17(20)12-10-15)18-8-4-6-16-5-2-3-7-19(16)18/h2-12,21H,13H2,1H3/b22-14-. The van der Waals surface area contributed by atoms with Crippen molar-refractivity contribution in [3.63, 3.8) is 0 Å². The van der Waals surface area contributed by atoms with Gasteiger partial charge in [0.25, 0.3) is 0 Å². The summed E-state index contributed by atoms with van der Waals surface area (Å²) in [6, 6.07) is 22.4. The quantitative estimate of drug-likeness (QED) is 0.532. The molecule has 0 radical (unpaired) electrons. The molecule has 22 heavy (non-hydrogen) atoms. The lowest BCUT2D eigenvalue weighted by Gasteiger charge is -2.07. The van der Waals surface area contributed by atoms with Gasteiger partial charge in [0.05, 0.1) is 12.3 Å². The molecule has 0 spiro atoms. The van der Waals surface area contributed by atoms with Gasteiger partial charge in [0.2, 0.25) is 0 Å². The molecule has 0 fully saturated rings. The Labute approximate surface area is 135 Å². The van der Waals surface area contributed by atoms with E-state index in [9.17, 15) is 0 Å². The second-order valence-corrected chi connectivity index (χ2v) is 5.62. The van der Waals surface area contributed by atoms with Crippen LogP contribution in [-0.2, 0) is 6.54 Å². The van der Waals surface area contributed by atoms with Crippen molar-refractivity contribution < 1.29 is 0 Å². The topological polar surface area (TPSA) is 24.4 Å². The largest absolute Gasteiger partial charge is 0.305 e. The first-order valence-corrected chi connectivity index (χ1v) is 7.61. The van der Waals surface area contributed by atoms with Gasteiger partial charge in [-0.2, -0.15) is 5.10 Å². The summed E-state index contributed by atoms with van der Waals surface area (Å²) in [5, 5.41) is 7.70. The number of rotatable bonds is 4. The maximum atomic E-state index is 5.88. The molecule has 0 bridgehead atoms. The van der Waals surface area contributed by atoms with E-state index in [-0.39, 0.29) is 0 Å². The van der Waals surface area contributed by atoms with Gasteiger partial charge in [0, 0.05) is 10.6 Å². The smallest absolute Gasteiger partial charge is 0.0650 e. The Morgan fingerprint density at radius 1 is 0.955 bits per heavy atom. The van der Waals surface area contributed by atoms with Crippen molar-refractivity contribution in [2.75, 3.05) is 0 Å². The monoisotopic (exact) mass is 308 g/mol. The summed E-state index contributed by atoms with van der Waals surface area (Å²) in [5.74, 6) is 0. The number of hydrazone groups is 1. The Kier molecular flexibility index (Phi) is 4.40. The average molecular weight is 309 g/mol. The summed E-state index contributed by atoms with van der Waals surface area (Å²) in [6.07, 6.45) is 0. The predicted molar refractivity (Wildman–Crippen MR) is 94.5 cm³/mol. The van der Waals surface area contributed by atoms with Crippen LogP contribution in [0.2, 0.25) is 5.02 Å². The zero-order valence-corrected chi connectivity index (χ0v) is 13.1. The molecule has 0 unspecified atom stereocenters. The maximum Gasteiger partial charge on any atom is 0.0650 e. The van der Waals surface area contributed by atoms with E-state index in [1.54, 1.807) is 0 Å². The minimum atomic E-state index is 0.680. The molecule has 0 amide bonds. The molecule has 3 heteroatoms. The van der Waals surface area contributed by atoms with Gasteiger partial charge in [-0.1, -0.05) is 66.2 Å². The van der Waals surface area contributed by atoms with Crippen LogP contribution in [0.15, 0.2) is 71.8 Å². The Balaban J connectivity index is 1.77. The molecule has 0 saturated carbocycles. The van der Waals surface area contributed by atoms with Gasteiger partial charge in [0.1, 0.15) is 0 Å². The summed E-state index contributed by atoms with van der Waals surface area (Å²) in [7, 11) is 0. The average Bonchev–Trinajstić information content (AvgIpc) is 2.56. The lowest BCUT2D eigenvalue weighted by Crippen LogP contribution is -2.09. The van der Waals surface area contributed by atoms with Crippen molar-refractivity contribution in [2.45, 2.75) is 13.5 Å². The van der Waals surface area contributed by atoms with Crippen LogP contribution >= 0.6 is 11.6 Å². The summed E-state index contributed by atoms with van der Waals surface area (Å²) < 4.78 is 0. The van der Waals surface area contributed by atoms with Crippen LogP contribution < -0.4 is 5.43 Å². The Hall–Kier alpha value is -2.32. The van der Waals surface area contributed by atoms with E-state index in [1.807, 2.05) is 31.2 Å². The van der Waals surface area contributed by atoms with E-state index >= 15 is 0 Å². The van der Waals surface area contributed by atoms with Gasteiger partial charge >= 0.3 is 0 Å². The number of hydrogen-bond donors (Lipinski definition) is 1. The number of hydrogen-bond acceptors (Lipinski definition) is 2. The van der Waals surface area contributed by atoms with Crippen molar-refractivity contribution in [3.05, 3.63) is 82.9 Å². The molecule has 110 valence electrons. The molecule has 0 aliphatic rings. The summed E-state index contributed by atoms with van der Waals surface area (Å²) in [6.45, 7) is 2.70. The van der Waals surface area contributed by atoms with E-state index in [0.717, 1.165) is 21.9 Å². The van der Waals surface area contributed by atoms with Crippen LogP contribution in [-0.4, -0.2) is 5.71 Å².